The summed E-state index contributed by atoms with van der Waals surface area (Å²) in [6.45, 7) is 0.394. The lowest BCUT2D eigenvalue weighted by molar-refractivity contribution is -0.135. The van der Waals surface area contributed by atoms with Gasteiger partial charge < -0.3 is 15.4 Å². The number of carbonyl (C=O) groups is 1. The van der Waals surface area contributed by atoms with E-state index in [1.54, 1.807) is 24.1 Å². The van der Waals surface area contributed by atoms with Crippen molar-refractivity contribution < 1.29 is 13.9 Å². The van der Waals surface area contributed by atoms with E-state index in [0.717, 1.165) is 31.2 Å². The smallest absolute Gasteiger partial charge is 0.225 e. The van der Waals surface area contributed by atoms with E-state index in [1.165, 1.54) is 13.2 Å². The predicted molar refractivity (Wildman–Crippen MR) is 79.4 cm³/mol. The number of benzene rings is 1. The molecule has 0 bridgehead atoms. The molecule has 1 amide bonds. The van der Waals surface area contributed by atoms with Crippen LogP contribution in [0.15, 0.2) is 18.2 Å². The lowest BCUT2D eigenvalue weighted by Gasteiger charge is -2.29. The Bertz CT molecular complexity index is 507. The number of halogens is 1. The zero-order chi connectivity index (χ0) is 15.4. The average Bonchev–Trinajstić information content (AvgIpc) is 2.46. The van der Waals surface area contributed by atoms with Crippen molar-refractivity contribution in [1.82, 2.24) is 4.90 Å². The Kier molecular flexibility index (Phi) is 5.17. The second kappa shape index (κ2) is 6.89. The quantitative estimate of drug-likeness (QED) is 0.927. The molecule has 2 atom stereocenters. The lowest BCUT2D eigenvalue weighted by atomic mass is 9.85. The molecule has 1 saturated carbocycles. The summed E-state index contributed by atoms with van der Waals surface area (Å²) in [6.07, 6.45) is 3.65. The number of hydrogen-bond donors (Lipinski definition) is 1. The third-order valence-electron chi connectivity index (χ3n) is 4.08. The van der Waals surface area contributed by atoms with Gasteiger partial charge in [-0.25, -0.2) is 4.39 Å². The summed E-state index contributed by atoms with van der Waals surface area (Å²) in [7, 11) is 3.19. The maximum absolute atomic E-state index is 13.7. The molecule has 5 heteroatoms. The van der Waals surface area contributed by atoms with E-state index in [1.807, 2.05) is 0 Å². The lowest BCUT2D eigenvalue weighted by Crippen LogP contribution is -2.38. The Morgan fingerprint density at radius 1 is 1.48 bits per heavy atom. The van der Waals surface area contributed by atoms with E-state index in [4.69, 9.17) is 10.5 Å². The molecule has 2 unspecified atom stereocenters. The first-order valence-electron chi connectivity index (χ1n) is 7.34. The first kappa shape index (κ1) is 15.8. The fourth-order valence-electron chi connectivity index (χ4n) is 2.92. The fourth-order valence-corrected chi connectivity index (χ4v) is 2.92. The number of hydrogen-bond acceptors (Lipinski definition) is 3. The monoisotopic (exact) mass is 294 g/mol. The van der Waals surface area contributed by atoms with E-state index in [-0.39, 0.29) is 23.6 Å². The molecule has 0 radical (unpaired) electrons. The first-order valence-corrected chi connectivity index (χ1v) is 7.34. The van der Waals surface area contributed by atoms with Crippen LogP contribution in [-0.2, 0) is 11.3 Å². The normalized spacial score (nSPS) is 21.9. The number of rotatable bonds is 4. The Balaban J connectivity index is 1.98. The topological polar surface area (TPSA) is 55.6 Å². The van der Waals surface area contributed by atoms with Gasteiger partial charge in [0.1, 0.15) is 0 Å². The second-order valence-corrected chi connectivity index (χ2v) is 5.79. The van der Waals surface area contributed by atoms with Crippen LogP contribution in [0, 0.1) is 11.7 Å². The molecule has 0 heterocycles. The molecule has 2 N–H and O–H groups in total. The van der Waals surface area contributed by atoms with Gasteiger partial charge in [0.15, 0.2) is 11.6 Å². The predicted octanol–water partition coefficient (Wildman–Crippen LogP) is 2.31. The van der Waals surface area contributed by atoms with Gasteiger partial charge in [-0.15, -0.1) is 0 Å². The van der Waals surface area contributed by atoms with Crippen LogP contribution in [0.3, 0.4) is 0 Å². The van der Waals surface area contributed by atoms with Crippen molar-refractivity contribution in [3.63, 3.8) is 0 Å². The maximum Gasteiger partial charge on any atom is 0.225 e. The van der Waals surface area contributed by atoms with Crippen molar-refractivity contribution in [1.29, 1.82) is 0 Å². The summed E-state index contributed by atoms with van der Waals surface area (Å²) in [5.74, 6) is -0.0928. The minimum atomic E-state index is -0.407. The van der Waals surface area contributed by atoms with E-state index >= 15 is 0 Å². The third-order valence-corrected chi connectivity index (χ3v) is 4.08. The highest BCUT2D eigenvalue weighted by Crippen LogP contribution is 2.25. The van der Waals surface area contributed by atoms with Crippen LogP contribution in [0.2, 0.25) is 0 Å². The SMILES string of the molecule is COc1ccc(CN(C)C(=O)C2CCCC(N)C2)cc1F. The molecule has 21 heavy (non-hydrogen) atoms. The van der Waals surface area contributed by atoms with Crippen molar-refractivity contribution in [3.05, 3.63) is 29.6 Å². The Morgan fingerprint density at radius 2 is 2.24 bits per heavy atom. The summed E-state index contributed by atoms with van der Waals surface area (Å²) in [6, 6.07) is 4.90. The number of carbonyl (C=O) groups excluding carboxylic acids is 1. The van der Waals surface area contributed by atoms with Crippen molar-refractivity contribution in [2.24, 2.45) is 11.7 Å². The molecule has 1 aliphatic rings. The maximum atomic E-state index is 13.7. The van der Waals surface area contributed by atoms with Gasteiger partial charge in [0, 0.05) is 25.6 Å². The van der Waals surface area contributed by atoms with Gasteiger partial charge in [-0.05, 0) is 37.0 Å². The van der Waals surface area contributed by atoms with E-state index < -0.39 is 5.82 Å². The van der Waals surface area contributed by atoms with Crippen LogP contribution in [-0.4, -0.2) is 31.0 Å². The fraction of sp³-hybridized carbons (Fsp3) is 0.562. The van der Waals surface area contributed by atoms with E-state index in [0.29, 0.717) is 6.54 Å². The molecule has 1 fully saturated rings. The molecule has 1 aliphatic carbocycles. The highest BCUT2D eigenvalue weighted by atomic mass is 19.1. The number of ether oxygens (including phenoxy) is 1. The largest absolute Gasteiger partial charge is 0.494 e. The standard InChI is InChI=1S/C16H23FN2O2/c1-19(16(20)12-4-3-5-13(18)9-12)10-11-6-7-15(21-2)14(17)8-11/h6-8,12-13H,3-5,9-10,18H2,1-2H3. The van der Waals surface area contributed by atoms with E-state index in [2.05, 4.69) is 0 Å². The Hall–Kier alpha value is -1.62. The summed E-state index contributed by atoms with van der Waals surface area (Å²) in [4.78, 5) is 14.1. The molecule has 0 saturated heterocycles. The summed E-state index contributed by atoms with van der Waals surface area (Å²) < 4.78 is 18.6. The number of methoxy groups -OCH3 is 1. The number of amides is 1. The van der Waals surface area contributed by atoms with Crippen LogP contribution >= 0.6 is 0 Å². The Labute approximate surface area is 125 Å². The van der Waals surface area contributed by atoms with Crippen LogP contribution in [0.4, 0.5) is 4.39 Å². The molecule has 116 valence electrons. The molecular formula is C16H23FN2O2. The molecule has 0 spiro atoms. The molecule has 2 rings (SSSR count). The van der Waals surface area contributed by atoms with Crippen molar-refractivity contribution >= 4 is 5.91 Å². The zero-order valence-electron chi connectivity index (χ0n) is 12.6. The molecule has 1 aromatic rings. The number of nitrogens with zero attached hydrogens (tertiary/aromatic N) is 1. The minimum absolute atomic E-state index is 0.00171. The second-order valence-electron chi connectivity index (χ2n) is 5.79. The summed E-state index contributed by atoms with van der Waals surface area (Å²) >= 11 is 0. The van der Waals surface area contributed by atoms with Gasteiger partial charge in [0.25, 0.3) is 0 Å². The summed E-state index contributed by atoms with van der Waals surface area (Å²) in [5, 5.41) is 0. The van der Waals surface area contributed by atoms with Gasteiger partial charge in [0.05, 0.1) is 7.11 Å². The highest BCUT2D eigenvalue weighted by molar-refractivity contribution is 5.78. The van der Waals surface area contributed by atoms with Gasteiger partial charge in [-0.3, -0.25) is 4.79 Å². The van der Waals surface area contributed by atoms with Gasteiger partial charge in [0.2, 0.25) is 5.91 Å². The van der Waals surface area contributed by atoms with Gasteiger partial charge in [-0.2, -0.15) is 0 Å². The van der Waals surface area contributed by atoms with Crippen molar-refractivity contribution in [2.75, 3.05) is 14.2 Å². The first-order chi connectivity index (χ1) is 10.0. The summed E-state index contributed by atoms with van der Waals surface area (Å²) in [5.41, 5.74) is 6.69. The molecule has 1 aromatic carbocycles. The minimum Gasteiger partial charge on any atom is -0.494 e. The zero-order valence-corrected chi connectivity index (χ0v) is 12.6. The highest BCUT2D eigenvalue weighted by Gasteiger charge is 2.27. The van der Waals surface area contributed by atoms with Crippen LogP contribution < -0.4 is 10.5 Å². The van der Waals surface area contributed by atoms with Gasteiger partial charge >= 0.3 is 0 Å². The Morgan fingerprint density at radius 3 is 2.86 bits per heavy atom. The van der Waals surface area contributed by atoms with Crippen LogP contribution in [0.5, 0.6) is 5.75 Å². The molecule has 0 aliphatic heterocycles. The molecular weight excluding hydrogens is 271 g/mol. The van der Waals surface area contributed by atoms with Crippen LogP contribution in [0.1, 0.15) is 31.2 Å². The van der Waals surface area contributed by atoms with Crippen molar-refractivity contribution in [3.8, 4) is 5.75 Å². The third kappa shape index (κ3) is 3.94. The van der Waals surface area contributed by atoms with E-state index in [9.17, 15) is 9.18 Å². The van der Waals surface area contributed by atoms with Crippen LogP contribution in [0.25, 0.3) is 0 Å². The number of nitrogens with two attached hydrogens (primary N) is 1. The molecule has 0 aromatic heterocycles. The average molecular weight is 294 g/mol. The van der Waals surface area contributed by atoms with Crippen molar-refractivity contribution in [2.45, 2.75) is 38.3 Å². The van der Waals surface area contributed by atoms with Gasteiger partial charge in [-0.1, -0.05) is 12.5 Å². The molecule has 4 nitrogen and oxygen atoms in total.